The van der Waals surface area contributed by atoms with E-state index in [1.54, 1.807) is 19.4 Å². The summed E-state index contributed by atoms with van der Waals surface area (Å²) in [7, 11) is 3.08. The van der Waals surface area contributed by atoms with E-state index in [2.05, 4.69) is 10.3 Å². The number of nitriles is 1. The number of likely N-dealkylation sites (N-methyl/N-ethyl adjacent to an activating group) is 1. The molecule has 0 atom stereocenters. The molecular weight excluding hydrogens is 242 g/mol. The Labute approximate surface area is 110 Å². The fourth-order valence-electron chi connectivity index (χ4n) is 1.81. The zero-order valence-electron chi connectivity index (χ0n) is 10.7. The number of methoxy groups -OCH3 is 1. The molecule has 1 aromatic heterocycles. The van der Waals surface area contributed by atoms with Crippen molar-refractivity contribution in [2.75, 3.05) is 14.2 Å². The Morgan fingerprint density at radius 2 is 2.32 bits per heavy atom. The Morgan fingerprint density at radius 1 is 1.53 bits per heavy atom. The van der Waals surface area contributed by atoms with Crippen molar-refractivity contribution in [3.8, 4) is 11.8 Å². The van der Waals surface area contributed by atoms with Crippen LogP contribution in [-0.2, 0) is 4.79 Å². The summed E-state index contributed by atoms with van der Waals surface area (Å²) < 4.78 is 5.17. The summed E-state index contributed by atoms with van der Waals surface area (Å²) in [6.45, 7) is 0. The van der Waals surface area contributed by atoms with Crippen LogP contribution < -0.4 is 10.1 Å². The van der Waals surface area contributed by atoms with Crippen LogP contribution in [0.15, 0.2) is 30.0 Å². The zero-order chi connectivity index (χ0) is 13.8. The number of nitrogens with one attached hydrogen (secondary N) is 2. The van der Waals surface area contributed by atoms with E-state index >= 15 is 0 Å². The van der Waals surface area contributed by atoms with E-state index in [1.165, 1.54) is 7.05 Å². The van der Waals surface area contributed by atoms with Crippen LogP contribution >= 0.6 is 0 Å². The molecule has 0 saturated heterocycles. The minimum atomic E-state index is -0.403. The third-order valence-corrected chi connectivity index (χ3v) is 2.81. The number of fused-ring (bicyclic) bond motifs is 1. The fraction of sp³-hybridized carbons (Fsp3) is 0.143. The van der Waals surface area contributed by atoms with Crippen molar-refractivity contribution in [3.63, 3.8) is 0 Å². The van der Waals surface area contributed by atoms with Crippen LogP contribution in [0.3, 0.4) is 0 Å². The van der Waals surface area contributed by atoms with Gasteiger partial charge in [-0.15, -0.1) is 0 Å². The Morgan fingerprint density at radius 3 is 2.95 bits per heavy atom. The molecule has 0 aliphatic rings. The molecule has 0 fully saturated rings. The highest BCUT2D eigenvalue weighted by atomic mass is 16.5. The third-order valence-electron chi connectivity index (χ3n) is 2.81. The largest absolute Gasteiger partial charge is 0.497 e. The standard InChI is InChI=1S/C14H13N3O2/c1-16-14(18)9(7-15)5-10-8-17-13-4-3-11(19-2)6-12(10)13/h3-6,8,17H,1-2H3,(H,16,18)/b9-5+. The van der Waals surface area contributed by atoms with Gasteiger partial charge in [-0.1, -0.05) is 0 Å². The molecule has 96 valence electrons. The predicted octanol–water partition coefficient (Wildman–Crippen LogP) is 1.83. The smallest absolute Gasteiger partial charge is 0.261 e. The molecule has 0 bridgehead atoms. The van der Waals surface area contributed by atoms with Gasteiger partial charge in [0.25, 0.3) is 5.91 Å². The first-order valence-electron chi connectivity index (χ1n) is 5.68. The van der Waals surface area contributed by atoms with Gasteiger partial charge in [0.15, 0.2) is 0 Å². The summed E-state index contributed by atoms with van der Waals surface area (Å²) in [5, 5.41) is 12.3. The Balaban J connectivity index is 2.54. The van der Waals surface area contributed by atoms with Gasteiger partial charge < -0.3 is 15.0 Å². The highest BCUT2D eigenvalue weighted by Gasteiger charge is 2.09. The highest BCUT2D eigenvalue weighted by molar-refractivity contribution is 6.03. The van der Waals surface area contributed by atoms with Gasteiger partial charge in [0.2, 0.25) is 0 Å². The molecule has 0 unspecified atom stereocenters. The number of nitrogens with zero attached hydrogens (tertiary/aromatic N) is 1. The van der Waals surface area contributed by atoms with Crippen molar-refractivity contribution in [1.29, 1.82) is 5.26 Å². The maximum Gasteiger partial charge on any atom is 0.261 e. The predicted molar refractivity (Wildman–Crippen MR) is 72.5 cm³/mol. The lowest BCUT2D eigenvalue weighted by Gasteiger charge is -2.00. The fourth-order valence-corrected chi connectivity index (χ4v) is 1.81. The SMILES string of the molecule is CNC(=O)/C(C#N)=C/c1c[nH]c2ccc(OC)cc12. The van der Waals surface area contributed by atoms with Gasteiger partial charge in [-0.2, -0.15) is 5.26 Å². The number of H-pyrrole nitrogens is 1. The first kappa shape index (κ1) is 12.7. The third kappa shape index (κ3) is 2.43. The van der Waals surface area contributed by atoms with E-state index in [0.717, 1.165) is 22.2 Å². The second-order valence-electron chi connectivity index (χ2n) is 3.90. The van der Waals surface area contributed by atoms with Crippen LogP contribution in [0.4, 0.5) is 0 Å². The topological polar surface area (TPSA) is 77.9 Å². The Bertz CT molecular complexity index is 692. The van der Waals surface area contributed by atoms with Crippen LogP contribution in [-0.4, -0.2) is 25.0 Å². The second-order valence-corrected chi connectivity index (χ2v) is 3.90. The van der Waals surface area contributed by atoms with Crippen LogP contribution in [0.1, 0.15) is 5.56 Å². The van der Waals surface area contributed by atoms with E-state index < -0.39 is 5.91 Å². The quantitative estimate of drug-likeness (QED) is 0.648. The number of hydrogen-bond acceptors (Lipinski definition) is 3. The maximum atomic E-state index is 11.5. The van der Waals surface area contributed by atoms with Crippen molar-refractivity contribution < 1.29 is 9.53 Å². The van der Waals surface area contributed by atoms with E-state index in [-0.39, 0.29) is 5.57 Å². The molecule has 0 aliphatic carbocycles. The molecule has 2 rings (SSSR count). The number of carbonyl (C=O) groups is 1. The summed E-state index contributed by atoms with van der Waals surface area (Å²) in [6, 6.07) is 7.48. The molecule has 5 heteroatoms. The molecule has 0 radical (unpaired) electrons. The van der Waals surface area contributed by atoms with E-state index in [4.69, 9.17) is 10.00 Å². The lowest BCUT2D eigenvalue weighted by molar-refractivity contribution is -0.116. The van der Waals surface area contributed by atoms with Crippen molar-refractivity contribution in [3.05, 3.63) is 35.5 Å². The number of aromatic nitrogens is 1. The average Bonchev–Trinajstić information content (AvgIpc) is 2.85. The first-order chi connectivity index (χ1) is 9.19. The number of hydrogen-bond donors (Lipinski definition) is 2. The van der Waals surface area contributed by atoms with Gasteiger partial charge in [0.05, 0.1) is 7.11 Å². The van der Waals surface area contributed by atoms with Gasteiger partial charge in [-0.25, -0.2) is 0 Å². The summed E-state index contributed by atoms with van der Waals surface area (Å²) in [5.41, 5.74) is 1.75. The molecule has 0 saturated carbocycles. The van der Waals surface area contributed by atoms with E-state index in [9.17, 15) is 4.79 Å². The number of benzene rings is 1. The molecule has 0 spiro atoms. The van der Waals surface area contributed by atoms with E-state index in [1.807, 2.05) is 24.3 Å². The molecule has 1 amide bonds. The molecular formula is C14H13N3O2. The molecule has 2 N–H and O–H groups in total. The minimum Gasteiger partial charge on any atom is -0.497 e. The summed E-state index contributed by atoms with van der Waals surface area (Å²) in [6.07, 6.45) is 3.31. The van der Waals surface area contributed by atoms with Crippen LogP contribution in [0.5, 0.6) is 5.75 Å². The average molecular weight is 255 g/mol. The Hall–Kier alpha value is -2.74. The molecule has 19 heavy (non-hydrogen) atoms. The summed E-state index contributed by atoms with van der Waals surface area (Å²) in [5.74, 6) is 0.319. The molecule has 1 heterocycles. The van der Waals surface area contributed by atoms with E-state index in [0.29, 0.717) is 0 Å². The van der Waals surface area contributed by atoms with Crippen molar-refractivity contribution in [2.45, 2.75) is 0 Å². The summed E-state index contributed by atoms with van der Waals surface area (Å²) >= 11 is 0. The molecule has 0 aliphatic heterocycles. The number of amides is 1. The van der Waals surface area contributed by atoms with Gasteiger partial charge in [0, 0.05) is 29.7 Å². The highest BCUT2D eigenvalue weighted by Crippen LogP contribution is 2.25. The van der Waals surface area contributed by atoms with Crippen molar-refractivity contribution in [1.82, 2.24) is 10.3 Å². The van der Waals surface area contributed by atoms with Crippen LogP contribution in [0.25, 0.3) is 17.0 Å². The normalized spacial score (nSPS) is 11.1. The lowest BCUT2D eigenvalue weighted by atomic mass is 10.1. The number of ether oxygens (including phenoxy) is 1. The molecule has 2 aromatic rings. The zero-order valence-corrected chi connectivity index (χ0v) is 10.7. The lowest BCUT2D eigenvalue weighted by Crippen LogP contribution is -2.19. The maximum absolute atomic E-state index is 11.5. The molecule has 5 nitrogen and oxygen atoms in total. The number of aromatic amines is 1. The van der Waals surface area contributed by atoms with Crippen LogP contribution in [0.2, 0.25) is 0 Å². The van der Waals surface area contributed by atoms with Crippen molar-refractivity contribution in [2.24, 2.45) is 0 Å². The number of rotatable bonds is 3. The monoisotopic (exact) mass is 255 g/mol. The van der Waals surface area contributed by atoms with Crippen molar-refractivity contribution >= 4 is 22.9 Å². The number of carbonyl (C=O) groups excluding carboxylic acids is 1. The van der Waals surface area contributed by atoms with Crippen LogP contribution in [0, 0.1) is 11.3 Å². The summed E-state index contributed by atoms with van der Waals surface area (Å²) in [4.78, 5) is 14.6. The van der Waals surface area contributed by atoms with Gasteiger partial charge >= 0.3 is 0 Å². The Kier molecular flexibility index (Phi) is 3.53. The van der Waals surface area contributed by atoms with Gasteiger partial charge in [0.1, 0.15) is 17.4 Å². The first-order valence-corrected chi connectivity index (χ1v) is 5.68. The second kappa shape index (κ2) is 5.27. The minimum absolute atomic E-state index is 0.0613. The molecule has 1 aromatic carbocycles. The van der Waals surface area contributed by atoms with Gasteiger partial charge in [-0.05, 0) is 24.3 Å². The van der Waals surface area contributed by atoms with Gasteiger partial charge in [-0.3, -0.25) is 4.79 Å².